The third kappa shape index (κ3) is 19.8. The molecular weight excluding hydrogens is 672 g/mol. The zero-order chi connectivity index (χ0) is 40.6. The van der Waals surface area contributed by atoms with E-state index in [0.717, 1.165) is 0 Å². The molecule has 0 saturated carbocycles. The van der Waals surface area contributed by atoms with E-state index in [1.165, 1.54) is 52.0 Å². The fourth-order valence-electron chi connectivity index (χ4n) is 4.49. The normalized spacial score (nSPS) is 14.6. The molecule has 0 radical (unpaired) electrons. The second-order valence-corrected chi connectivity index (χ2v) is 15.7. The molecule has 15 heteroatoms. The fourth-order valence-corrected chi connectivity index (χ4v) is 4.49. The van der Waals surface area contributed by atoms with Crippen molar-refractivity contribution < 1.29 is 43.0 Å². The summed E-state index contributed by atoms with van der Waals surface area (Å²) >= 11 is 0. The number of carbonyl (C=O) groups is 7. The molecule has 0 aromatic heterocycles. The van der Waals surface area contributed by atoms with E-state index >= 15 is 0 Å². The minimum Gasteiger partial charge on any atom is -0.463 e. The van der Waals surface area contributed by atoms with Gasteiger partial charge in [-0.3, -0.25) is 24.0 Å². The Morgan fingerprint density at radius 1 is 0.596 bits per heavy atom. The SMILES string of the molecule is CCOC(=O)/C=C/[C@H](C)NC(=O)C(C)(C)NC(=O)[C@H](CC(C)C)NC(=O)/C=C\[C@H](C)NC(=O)C(C)(C)NC(=O)[C@H](CC(C)C)NC(=O)OC(C)(C)C. The van der Waals surface area contributed by atoms with Crippen LogP contribution < -0.4 is 31.9 Å². The zero-order valence-corrected chi connectivity index (χ0v) is 33.6. The molecule has 0 aromatic rings. The van der Waals surface area contributed by atoms with Gasteiger partial charge in [-0.25, -0.2) is 9.59 Å². The molecule has 15 nitrogen and oxygen atoms in total. The Morgan fingerprint density at radius 2 is 1.00 bits per heavy atom. The molecule has 0 aliphatic heterocycles. The standard InChI is InChI=1S/C37H64N6O9/c1-15-51-29(45)19-17-25(7)39-33(49)36(11,12)42-30(46)26(20-22(2)3)40-28(44)18-16-24(6)38-32(48)37(13,14)43-31(47)27(21-23(4)5)41-34(50)52-35(8,9)10/h16-19,22-27H,15,20-21H2,1-14H3,(H,38,48)(H,39,49)(H,40,44)(H,41,50)(H,42,46)(H,43,47)/b18-16-,19-17+/t24-,25-,26-,27-/m0/s1. The largest absolute Gasteiger partial charge is 0.463 e. The summed E-state index contributed by atoms with van der Waals surface area (Å²) in [6.07, 6.45) is 5.15. The summed E-state index contributed by atoms with van der Waals surface area (Å²) in [4.78, 5) is 89.4. The second kappa shape index (κ2) is 21.2. The van der Waals surface area contributed by atoms with Crippen LogP contribution in [0, 0.1) is 11.8 Å². The lowest BCUT2D eigenvalue weighted by Crippen LogP contribution is -2.60. The average Bonchev–Trinajstić information content (AvgIpc) is 2.96. The summed E-state index contributed by atoms with van der Waals surface area (Å²) in [5.41, 5.74) is -3.51. The molecule has 0 heterocycles. The van der Waals surface area contributed by atoms with Crippen LogP contribution in [-0.4, -0.2) is 89.1 Å². The van der Waals surface area contributed by atoms with Crippen LogP contribution in [0.3, 0.4) is 0 Å². The van der Waals surface area contributed by atoms with Gasteiger partial charge in [0.2, 0.25) is 29.5 Å². The number of ether oxygens (including phenoxy) is 2. The van der Waals surface area contributed by atoms with Gasteiger partial charge in [0.15, 0.2) is 0 Å². The van der Waals surface area contributed by atoms with E-state index in [0.29, 0.717) is 6.42 Å². The van der Waals surface area contributed by atoms with Crippen molar-refractivity contribution in [3.8, 4) is 0 Å². The van der Waals surface area contributed by atoms with Gasteiger partial charge in [0.1, 0.15) is 28.8 Å². The first-order valence-corrected chi connectivity index (χ1v) is 17.8. The number of nitrogens with one attached hydrogen (secondary N) is 6. The highest BCUT2D eigenvalue weighted by Gasteiger charge is 2.35. The van der Waals surface area contributed by atoms with Crippen molar-refractivity contribution in [2.45, 2.75) is 151 Å². The molecule has 0 spiro atoms. The van der Waals surface area contributed by atoms with Gasteiger partial charge in [-0.1, -0.05) is 39.8 Å². The van der Waals surface area contributed by atoms with E-state index < -0.39 is 82.4 Å². The highest BCUT2D eigenvalue weighted by atomic mass is 16.6. The summed E-state index contributed by atoms with van der Waals surface area (Å²) in [5.74, 6) is -3.24. The maximum absolute atomic E-state index is 13.3. The Hall–Kier alpha value is -4.43. The van der Waals surface area contributed by atoms with E-state index in [-0.39, 0.29) is 24.9 Å². The van der Waals surface area contributed by atoms with Gasteiger partial charge in [-0.05, 0) is 93.9 Å². The third-order valence-corrected chi connectivity index (χ3v) is 7.12. The molecule has 52 heavy (non-hydrogen) atoms. The molecule has 6 N–H and O–H groups in total. The fraction of sp³-hybridized carbons (Fsp3) is 0.703. The summed E-state index contributed by atoms with van der Waals surface area (Å²) in [6, 6.07) is -3.10. The van der Waals surface area contributed by atoms with Crippen LogP contribution in [0.15, 0.2) is 24.3 Å². The van der Waals surface area contributed by atoms with Gasteiger partial charge in [0.05, 0.1) is 6.61 Å². The smallest absolute Gasteiger partial charge is 0.408 e. The molecule has 0 rings (SSSR count). The van der Waals surface area contributed by atoms with Crippen LogP contribution in [0.4, 0.5) is 4.79 Å². The first-order chi connectivity index (χ1) is 23.7. The summed E-state index contributed by atoms with van der Waals surface area (Å²) in [6.45, 7) is 24.0. The zero-order valence-electron chi connectivity index (χ0n) is 33.6. The molecular formula is C37H64N6O9. The maximum atomic E-state index is 13.3. The molecule has 6 amide bonds. The molecule has 296 valence electrons. The predicted molar refractivity (Wildman–Crippen MR) is 199 cm³/mol. The van der Waals surface area contributed by atoms with E-state index in [1.807, 2.05) is 27.7 Å². The first kappa shape index (κ1) is 47.6. The summed E-state index contributed by atoms with van der Waals surface area (Å²) < 4.78 is 10.1. The molecule has 0 bridgehead atoms. The minimum atomic E-state index is -1.39. The van der Waals surface area contributed by atoms with Crippen molar-refractivity contribution in [3.05, 3.63) is 24.3 Å². The molecule has 0 aliphatic rings. The highest BCUT2D eigenvalue weighted by molar-refractivity contribution is 5.96. The van der Waals surface area contributed by atoms with Gasteiger partial charge in [0, 0.05) is 24.2 Å². The van der Waals surface area contributed by atoms with Crippen molar-refractivity contribution in [1.29, 1.82) is 0 Å². The predicted octanol–water partition coefficient (Wildman–Crippen LogP) is 2.93. The maximum Gasteiger partial charge on any atom is 0.408 e. The number of esters is 1. The summed E-state index contributed by atoms with van der Waals surface area (Å²) in [7, 11) is 0. The van der Waals surface area contributed by atoms with Crippen LogP contribution >= 0.6 is 0 Å². The molecule has 0 aromatic carbocycles. The monoisotopic (exact) mass is 736 g/mol. The van der Waals surface area contributed by atoms with Crippen molar-refractivity contribution in [3.63, 3.8) is 0 Å². The van der Waals surface area contributed by atoms with Crippen molar-refractivity contribution in [2.24, 2.45) is 11.8 Å². The van der Waals surface area contributed by atoms with Gasteiger partial charge in [0.25, 0.3) is 0 Å². The molecule has 4 atom stereocenters. The van der Waals surface area contributed by atoms with E-state index in [4.69, 9.17) is 9.47 Å². The molecule has 0 fully saturated rings. The lowest BCUT2D eigenvalue weighted by atomic mass is 9.99. The van der Waals surface area contributed by atoms with Gasteiger partial charge < -0.3 is 41.4 Å². The Bertz CT molecular complexity index is 1310. The number of amides is 6. The van der Waals surface area contributed by atoms with Crippen LogP contribution in [-0.2, 0) is 38.2 Å². The quantitative estimate of drug-likeness (QED) is 0.0850. The van der Waals surface area contributed by atoms with Crippen molar-refractivity contribution in [1.82, 2.24) is 31.9 Å². The van der Waals surface area contributed by atoms with Crippen LogP contribution in [0.1, 0.15) is 110 Å². The van der Waals surface area contributed by atoms with E-state index in [1.54, 1.807) is 41.5 Å². The Labute approximate surface area is 309 Å². The van der Waals surface area contributed by atoms with Crippen LogP contribution in [0.2, 0.25) is 0 Å². The first-order valence-electron chi connectivity index (χ1n) is 17.8. The topological polar surface area (TPSA) is 210 Å². The second-order valence-electron chi connectivity index (χ2n) is 15.7. The number of hydrogen-bond donors (Lipinski definition) is 6. The molecule has 0 aliphatic carbocycles. The lowest BCUT2D eigenvalue weighted by molar-refractivity contribution is -0.137. The minimum absolute atomic E-state index is 0.0140. The Balaban J connectivity index is 5.46. The molecule has 0 saturated heterocycles. The molecule has 0 unspecified atom stereocenters. The van der Waals surface area contributed by atoms with Crippen molar-refractivity contribution in [2.75, 3.05) is 6.61 Å². The van der Waals surface area contributed by atoms with Crippen molar-refractivity contribution >= 4 is 41.6 Å². The van der Waals surface area contributed by atoms with E-state index in [2.05, 4.69) is 31.9 Å². The van der Waals surface area contributed by atoms with E-state index in [9.17, 15) is 33.6 Å². The van der Waals surface area contributed by atoms with Crippen LogP contribution in [0.25, 0.3) is 0 Å². The average molecular weight is 737 g/mol. The number of alkyl carbamates (subject to hydrolysis) is 1. The number of rotatable bonds is 19. The van der Waals surface area contributed by atoms with Gasteiger partial charge in [-0.15, -0.1) is 0 Å². The number of carbonyl (C=O) groups excluding carboxylic acids is 7. The Kier molecular flexibility index (Phi) is 19.4. The van der Waals surface area contributed by atoms with Crippen LogP contribution in [0.5, 0.6) is 0 Å². The van der Waals surface area contributed by atoms with Gasteiger partial charge in [-0.2, -0.15) is 0 Å². The Morgan fingerprint density at radius 3 is 1.38 bits per heavy atom. The van der Waals surface area contributed by atoms with Gasteiger partial charge >= 0.3 is 12.1 Å². The number of hydrogen-bond acceptors (Lipinski definition) is 9. The lowest BCUT2D eigenvalue weighted by Gasteiger charge is -2.30. The third-order valence-electron chi connectivity index (χ3n) is 7.12. The summed E-state index contributed by atoms with van der Waals surface area (Å²) in [5, 5.41) is 16.1. The highest BCUT2D eigenvalue weighted by Crippen LogP contribution is 2.13.